The normalized spacial score (nSPS) is 11.3. The van der Waals surface area contributed by atoms with Gasteiger partial charge in [-0.25, -0.2) is 0 Å². The average Bonchev–Trinajstić information content (AvgIpc) is 2.79. The van der Waals surface area contributed by atoms with Gasteiger partial charge in [0, 0.05) is 13.7 Å². The highest BCUT2D eigenvalue weighted by molar-refractivity contribution is 5.07. The van der Waals surface area contributed by atoms with Crippen LogP contribution in [0.3, 0.4) is 0 Å². The standard InChI is InChI=1S/C13H24N2O2/c1-4-14-10-12-6-7-13(17-12)11-15(5-2)8-9-16-3/h6-7,14H,4-5,8-11H2,1-3H3. The first-order chi connectivity index (χ1) is 8.30. The van der Waals surface area contributed by atoms with E-state index in [4.69, 9.17) is 9.15 Å². The van der Waals surface area contributed by atoms with Crippen molar-refractivity contribution in [2.75, 3.05) is 33.4 Å². The van der Waals surface area contributed by atoms with Gasteiger partial charge in [0.1, 0.15) is 11.5 Å². The van der Waals surface area contributed by atoms with Gasteiger partial charge in [0.15, 0.2) is 0 Å². The number of ether oxygens (including phenoxy) is 1. The van der Waals surface area contributed by atoms with Crippen molar-refractivity contribution in [1.29, 1.82) is 0 Å². The van der Waals surface area contributed by atoms with Gasteiger partial charge in [-0.2, -0.15) is 0 Å². The maximum Gasteiger partial charge on any atom is 0.118 e. The number of hydrogen-bond acceptors (Lipinski definition) is 4. The minimum absolute atomic E-state index is 0.763. The van der Waals surface area contributed by atoms with E-state index in [9.17, 15) is 0 Å². The third kappa shape index (κ3) is 5.35. The summed E-state index contributed by atoms with van der Waals surface area (Å²) >= 11 is 0. The second kappa shape index (κ2) is 8.28. The number of nitrogens with one attached hydrogen (secondary N) is 1. The quantitative estimate of drug-likeness (QED) is 0.715. The van der Waals surface area contributed by atoms with Gasteiger partial charge in [-0.05, 0) is 25.2 Å². The fourth-order valence-corrected chi connectivity index (χ4v) is 1.64. The molecule has 1 heterocycles. The Morgan fingerprint density at radius 2 is 2.06 bits per heavy atom. The highest BCUT2D eigenvalue weighted by atomic mass is 16.5. The zero-order valence-electron chi connectivity index (χ0n) is 11.2. The maximum absolute atomic E-state index is 5.75. The summed E-state index contributed by atoms with van der Waals surface area (Å²) < 4.78 is 10.8. The minimum atomic E-state index is 0.763. The summed E-state index contributed by atoms with van der Waals surface area (Å²) in [6.07, 6.45) is 0. The Balaban J connectivity index is 2.40. The van der Waals surface area contributed by atoms with E-state index in [0.717, 1.165) is 50.9 Å². The molecule has 0 spiro atoms. The van der Waals surface area contributed by atoms with Crippen molar-refractivity contribution >= 4 is 0 Å². The molecule has 0 aliphatic heterocycles. The van der Waals surface area contributed by atoms with Crippen LogP contribution in [0.5, 0.6) is 0 Å². The number of likely N-dealkylation sites (N-methyl/N-ethyl adjacent to an activating group) is 1. The third-order valence-electron chi connectivity index (χ3n) is 2.70. The summed E-state index contributed by atoms with van der Waals surface area (Å²) in [6.45, 7) is 9.57. The van der Waals surface area contributed by atoms with E-state index >= 15 is 0 Å². The summed E-state index contributed by atoms with van der Waals surface area (Å²) in [6, 6.07) is 4.10. The average molecular weight is 240 g/mol. The molecule has 0 fully saturated rings. The van der Waals surface area contributed by atoms with Crippen LogP contribution in [0.25, 0.3) is 0 Å². The first-order valence-electron chi connectivity index (χ1n) is 6.29. The Bertz CT molecular complexity index is 299. The first kappa shape index (κ1) is 14.2. The molecule has 0 radical (unpaired) electrons. The zero-order chi connectivity index (χ0) is 12.5. The Kier molecular flexibility index (Phi) is 6.93. The minimum Gasteiger partial charge on any atom is -0.463 e. The Morgan fingerprint density at radius 3 is 2.71 bits per heavy atom. The van der Waals surface area contributed by atoms with E-state index in [1.807, 2.05) is 6.07 Å². The van der Waals surface area contributed by atoms with E-state index in [-0.39, 0.29) is 0 Å². The van der Waals surface area contributed by atoms with E-state index in [0.29, 0.717) is 0 Å². The first-order valence-corrected chi connectivity index (χ1v) is 6.29. The zero-order valence-corrected chi connectivity index (χ0v) is 11.2. The Labute approximate surface area is 104 Å². The van der Waals surface area contributed by atoms with Crippen molar-refractivity contribution in [3.8, 4) is 0 Å². The molecule has 0 aliphatic rings. The fourth-order valence-electron chi connectivity index (χ4n) is 1.64. The molecule has 0 unspecified atom stereocenters. The van der Waals surface area contributed by atoms with E-state index in [1.165, 1.54) is 0 Å². The van der Waals surface area contributed by atoms with Gasteiger partial charge in [-0.3, -0.25) is 4.90 Å². The molecule has 0 saturated carbocycles. The summed E-state index contributed by atoms with van der Waals surface area (Å²) in [5.74, 6) is 2.03. The molecule has 1 aromatic rings. The molecule has 0 aliphatic carbocycles. The monoisotopic (exact) mass is 240 g/mol. The third-order valence-corrected chi connectivity index (χ3v) is 2.70. The van der Waals surface area contributed by atoms with Crippen LogP contribution >= 0.6 is 0 Å². The number of nitrogens with zero attached hydrogens (tertiary/aromatic N) is 1. The van der Waals surface area contributed by atoms with Gasteiger partial charge >= 0.3 is 0 Å². The molecule has 0 saturated heterocycles. The van der Waals surface area contributed by atoms with Crippen molar-refractivity contribution in [2.24, 2.45) is 0 Å². The number of rotatable bonds is 9. The lowest BCUT2D eigenvalue weighted by molar-refractivity contribution is 0.142. The maximum atomic E-state index is 5.75. The van der Waals surface area contributed by atoms with Crippen LogP contribution in [0.4, 0.5) is 0 Å². The smallest absolute Gasteiger partial charge is 0.118 e. The van der Waals surface area contributed by atoms with Gasteiger partial charge in [0.2, 0.25) is 0 Å². The van der Waals surface area contributed by atoms with Gasteiger partial charge in [0.25, 0.3) is 0 Å². The Morgan fingerprint density at radius 1 is 1.29 bits per heavy atom. The molecule has 1 aromatic heterocycles. The molecule has 1 rings (SSSR count). The molecule has 98 valence electrons. The molecule has 1 N–H and O–H groups in total. The van der Waals surface area contributed by atoms with E-state index in [1.54, 1.807) is 7.11 Å². The van der Waals surface area contributed by atoms with Crippen LogP contribution in [0.1, 0.15) is 25.4 Å². The summed E-state index contributed by atoms with van der Waals surface area (Å²) in [7, 11) is 1.73. The van der Waals surface area contributed by atoms with Crippen LogP contribution in [-0.2, 0) is 17.8 Å². The lowest BCUT2D eigenvalue weighted by Crippen LogP contribution is -2.26. The summed E-state index contributed by atoms with van der Waals surface area (Å²) in [5, 5.41) is 3.25. The topological polar surface area (TPSA) is 37.6 Å². The molecule has 0 atom stereocenters. The molecule has 4 heteroatoms. The number of furan rings is 1. The van der Waals surface area contributed by atoms with Crippen molar-refractivity contribution in [2.45, 2.75) is 26.9 Å². The van der Waals surface area contributed by atoms with Crippen LogP contribution < -0.4 is 5.32 Å². The van der Waals surface area contributed by atoms with Crippen molar-refractivity contribution in [1.82, 2.24) is 10.2 Å². The number of methoxy groups -OCH3 is 1. The van der Waals surface area contributed by atoms with E-state index < -0.39 is 0 Å². The van der Waals surface area contributed by atoms with Crippen LogP contribution in [0.15, 0.2) is 16.5 Å². The second-order valence-corrected chi connectivity index (χ2v) is 4.01. The largest absolute Gasteiger partial charge is 0.463 e. The fraction of sp³-hybridized carbons (Fsp3) is 0.692. The van der Waals surface area contributed by atoms with Crippen LogP contribution in [0.2, 0.25) is 0 Å². The van der Waals surface area contributed by atoms with Gasteiger partial charge < -0.3 is 14.5 Å². The molecular weight excluding hydrogens is 216 g/mol. The SMILES string of the molecule is CCNCc1ccc(CN(CC)CCOC)o1. The predicted molar refractivity (Wildman–Crippen MR) is 68.9 cm³/mol. The second-order valence-electron chi connectivity index (χ2n) is 4.01. The molecule has 17 heavy (non-hydrogen) atoms. The van der Waals surface area contributed by atoms with Crippen LogP contribution in [-0.4, -0.2) is 38.3 Å². The summed E-state index contributed by atoms with van der Waals surface area (Å²) in [4.78, 5) is 2.30. The Hall–Kier alpha value is -0.840. The lowest BCUT2D eigenvalue weighted by atomic mass is 10.3. The van der Waals surface area contributed by atoms with Crippen molar-refractivity contribution < 1.29 is 9.15 Å². The van der Waals surface area contributed by atoms with Gasteiger partial charge in [0.05, 0.1) is 19.7 Å². The molecular formula is C13H24N2O2. The van der Waals surface area contributed by atoms with Crippen LogP contribution in [0, 0.1) is 0 Å². The van der Waals surface area contributed by atoms with Crippen molar-refractivity contribution in [3.63, 3.8) is 0 Å². The van der Waals surface area contributed by atoms with Gasteiger partial charge in [-0.1, -0.05) is 13.8 Å². The van der Waals surface area contributed by atoms with Gasteiger partial charge in [-0.15, -0.1) is 0 Å². The lowest BCUT2D eigenvalue weighted by Gasteiger charge is -2.18. The van der Waals surface area contributed by atoms with Crippen molar-refractivity contribution in [3.05, 3.63) is 23.7 Å². The molecule has 4 nitrogen and oxygen atoms in total. The molecule has 0 aromatic carbocycles. The summed E-state index contributed by atoms with van der Waals surface area (Å²) in [5.41, 5.74) is 0. The predicted octanol–water partition coefficient (Wildman–Crippen LogP) is 1.86. The van der Waals surface area contributed by atoms with E-state index in [2.05, 4.69) is 30.1 Å². The highest BCUT2D eigenvalue weighted by Crippen LogP contribution is 2.10. The molecule has 0 bridgehead atoms. The number of hydrogen-bond donors (Lipinski definition) is 1. The highest BCUT2D eigenvalue weighted by Gasteiger charge is 2.07. The molecule has 0 amide bonds.